The maximum absolute atomic E-state index is 5.26. The third-order valence-electron chi connectivity index (χ3n) is 3.95. The summed E-state index contributed by atoms with van der Waals surface area (Å²) in [5.74, 6) is 1.09. The van der Waals surface area contributed by atoms with Gasteiger partial charge in [-0.25, -0.2) is 19.9 Å². The zero-order valence-corrected chi connectivity index (χ0v) is 15.1. The molecule has 0 bridgehead atoms. The highest BCUT2D eigenvalue weighted by Crippen LogP contribution is 2.35. The fourth-order valence-corrected chi connectivity index (χ4v) is 3.78. The van der Waals surface area contributed by atoms with Gasteiger partial charge in [0.25, 0.3) is 0 Å². The molecule has 0 N–H and O–H groups in total. The summed E-state index contributed by atoms with van der Waals surface area (Å²) in [5.41, 5.74) is 5.55. The van der Waals surface area contributed by atoms with Crippen molar-refractivity contribution in [2.75, 3.05) is 14.2 Å². The molecule has 3 aromatic heterocycles. The molecule has 4 aromatic rings. The number of hydrogen-bond acceptors (Lipinski definition) is 7. The predicted molar refractivity (Wildman–Crippen MR) is 98.5 cm³/mol. The third kappa shape index (κ3) is 2.66. The summed E-state index contributed by atoms with van der Waals surface area (Å²) in [6.07, 6.45) is 1.63. The lowest BCUT2D eigenvalue weighted by atomic mass is 10.1. The minimum atomic E-state index is 0.496. The number of pyridine rings is 1. The Bertz CT molecular complexity index is 1110. The molecule has 0 amide bonds. The third-order valence-corrected chi connectivity index (χ3v) is 4.93. The van der Waals surface area contributed by atoms with Gasteiger partial charge in [-0.15, -0.1) is 0 Å². The number of ether oxygens (including phenoxy) is 2. The predicted octanol–water partition coefficient (Wildman–Crippen LogP) is 3.94. The summed E-state index contributed by atoms with van der Waals surface area (Å²) in [7, 11) is 3.20. The van der Waals surface area contributed by atoms with Crippen molar-refractivity contribution in [2.24, 2.45) is 0 Å². The van der Waals surface area contributed by atoms with Crippen LogP contribution in [0.1, 0.15) is 11.1 Å². The van der Waals surface area contributed by atoms with Gasteiger partial charge in [-0.2, -0.15) is 0 Å². The van der Waals surface area contributed by atoms with E-state index in [2.05, 4.69) is 21.0 Å². The van der Waals surface area contributed by atoms with Gasteiger partial charge < -0.3 is 9.47 Å². The number of nitrogens with zero attached hydrogens (tertiary/aromatic N) is 4. The van der Waals surface area contributed by atoms with Gasteiger partial charge >= 0.3 is 0 Å². The summed E-state index contributed by atoms with van der Waals surface area (Å²) in [6, 6.07) is 5.97. The molecule has 3 heterocycles. The van der Waals surface area contributed by atoms with Gasteiger partial charge in [0.2, 0.25) is 11.8 Å². The number of aryl methyl sites for hydroxylation is 2. The molecule has 0 atom stereocenters. The normalized spacial score (nSPS) is 11.2. The van der Waals surface area contributed by atoms with E-state index < -0.39 is 0 Å². The maximum Gasteiger partial charge on any atom is 0.232 e. The van der Waals surface area contributed by atoms with Crippen molar-refractivity contribution in [3.05, 3.63) is 35.5 Å². The molecule has 0 aliphatic heterocycles. The fourth-order valence-electron chi connectivity index (χ4n) is 2.76. The van der Waals surface area contributed by atoms with E-state index >= 15 is 0 Å². The van der Waals surface area contributed by atoms with Gasteiger partial charge in [0.05, 0.1) is 31.4 Å². The van der Waals surface area contributed by atoms with Gasteiger partial charge in [0.1, 0.15) is 15.4 Å². The van der Waals surface area contributed by atoms with Crippen LogP contribution in [0.2, 0.25) is 0 Å². The largest absolute Gasteiger partial charge is 0.481 e. The van der Waals surface area contributed by atoms with Gasteiger partial charge in [0, 0.05) is 11.6 Å². The van der Waals surface area contributed by atoms with E-state index in [1.807, 2.05) is 26.0 Å². The second-order valence-electron chi connectivity index (χ2n) is 5.75. The van der Waals surface area contributed by atoms with Gasteiger partial charge in [0.15, 0.2) is 0 Å². The monoisotopic (exact) mass is 352 g/mol. The van der Waals surface area contributed by atoms with E-state index in [0.717, 1.165) is 43.1 Å². The van der Waals surface area contributed by atoms with Crippen molar-refractivity contribution >= 4 is 32.7 Å². The van der Waals surface area contributed by atoms with Crippen LogP contribution in [0.15, 0.2) is 24.4 Å². The molecule has 0 spiro atoms. The number of thiazole rings is 1. The second kappa shape index (κ2) is 5.93. The molecule has 0 saturated carbocycles. The molecular formula is C18H16N4O2S. The minimum Gasteiger partial charge on any atom is -0.481 e. The van der Waals surface area contributed by atoms with Crippen molar-refractivity contribution in [2.45, 2.75) is 13.8 Å². The number of aromatic nitrogens is 4. The number of hydrogen-bond donors (Lipinski definition) is 0. The number of rotatable bonds is 3. The SMILES string of the molecule is COc1cnc2c(-c3nc4c(C)cc(OC)nc4s3)cc(C)cc2n1. The van der Waals surface area contributed by atoms with E-state index in [-0.39, 0.29) is 0 Å². The summed E-state index contributed by atoms with van der Waals surface area (Å²) in [6.45, 7) is 4.04. The lowest BCUT2D eigenvalue weighted by Gasteiger charge is -2.06. The standard InChI is InChI=1S/C18H16N4O2S/c1-9-5-11(16-12(6-9)20-14(24-4)8-19-16)17-22-15-10(2)7-13(23-3)21-18(15)25-17/h5-8H,1-4H3. The maximum atomic E-state index is 5.26. The Morgan fingerprint density at radius 1 is 0.880 bits per heavy atom. The molecule has 4 rings (SSSR count). The Morgan fingerprint density at radius 3 is 2.44 bits per heavy atom. The van der Waals surface area contributed by atoms with Gasteiger partial charge in [-0.1, -0.05) is 11.3 Å². The van der Waals surface area contributed by atoms with Crippen LogP contribution in [-0.4, -0.2) is 34.2 Å². The Morgan fingerprint density at radius 2 is 1.68 bits per heavy atom. The highest BCUT2D eigenvalue weighted by atomic mass is 32.1. The Balaban J connectivity index is 1.97. The van der Waals surface area contributed by atoms with E-state index in [4.69, 9.17) is 14.5 Å². The molecule has 0 radical (unpaired) electrons. The molecule has 0 unspecified atom stereocenters. The first-order chi connectivity index (χ1) is 12.1. The summed E-state index contributed by atoms with van der Waals surface area (Å²) in [5, 5.41) is 0.868. The Kier molecular flexibility index (Phi) is 3.73. The lowest BCUT2D eigenvalue weighted by molar-refractivity contribution is 0.397. The first kappa shape index (κ1) is 15.7. The number of methoxy groups -OCH3 is 2. The van der Waals surface area contributed by atoms with Crippen molar-refractivity contribution in [3.63, 3.8) is 0 Å². The smallest absolute Gasteiger partial charge is 0.232 e. The van der Waals surface area contributed by atoms with E-state index in [9.17, 15) is 0 Å². The number of benzene rings is 1. The molecule has 126 valence electrons. The van der Waals surface area contributed by atoms with Gasteiger partial charge in [-0.05, 0) is 37.1 Å². The summed E-state index contributed by atoms with van der Waals surface area (Å²) >= 11 is 1.53. The highest BCUT2D eigenvalue weighted by Gasteiger charge is 2.15. The van der Waals surface area contributed by atoms with Crippen molar-refractivity contribution in [1.29, 1.82) is 0 Å². The van der Waals surface area contributed by atoms with Gasteiger partial charge in [-0.3, -0.25) is 0 Å². The zero-order chi connectivity index (χ0) is 17.6. The molecule has 0 fully saturated rings. The lowest BCUT2D eigenvalue weighted by Crippen LogP contribution is -1.93. The number of fused-ring (bicyclic) bond motifs is 2. The minimum absolute atomic E-state index is 0.496. The quantitative estimate of drug-likeness (QED) is 0.556. The molecule has 1 aromatic carbocycles. The topological polar surface area (TPSA) is 70.0 Å². The average Bonchev–Trinajstić information content (AvgIpc) is 3.04. The van der Waals surface area contributed by atoms with E-state index in [1.165, 1.54) is 11.3 Å². The second-order valence-corrected chi connectivity index (χ2v) is 6.72. The summed E-state index contributed by atoms with van der Waals surface area (Å²) in [4.78, 5) is 19.2. The van der Waals surface area contributed by atoms with Crippen molar-refractivity contribution in [3.8, 4) is 22.3 Å². The van der Waals surface area contributed by atoms with Crippen molar-refractivity contribution < 1.29 is 9.47 Å². The van der Waals surface area contributed by atoms with Crippen LogP contribution in [-0.2, 0) is 0 Å². The first-order valence-electron chi connectivity index (χ1n) is 7.73. The molecular weight excluding hydrogens is 336 g/mol. The van der Waals surface area contributed by atoms with Crippen LogP contribution in [0.4, 0.5) is 0 Å². The molecule has 0 aliphatic rings. The van der Waals surface area contributed by atoms with E-state index in [0.29, 0.717) is 11.8 Å². The van der Waals surface area contributed by atoms with Crippen LogP contribution in [0.5, 0.6) is 11.8 Å². The fraction of sp³-hybridized carbons (Fsp3) is 0.222. The first-order valence-corrected chi connectivity index (χ1v) is 8.54. The highest BCUT2D eigenvalue weighted by molar-refractivity contribution is 7.21. The zero-order valence-electron chi connectivity index (χ0n) is 14.3. The Labute approximate surface area is 148 Å². The molecule has 6 nitrogen and oxygen atoms in total. The van der Waals surface area contributed by atoms with Crippen LogP contribution in [0.3, 0.4) is 0 Å². The average molecular weight is 352 g/mol. The van der Waals surface area contributed by atoms with E-state index in [1.54, 1.807) is 20.4 Å². The molecule has 0 aliphatic carbocycles. The van der Waals surface area contributed by atoms with Crippen molar-refractivity contribution in [1.82, 2.24) is 19.9 Å². The molecule has 7 heteroatoms. The van der Waals surface area contributed by atoms with Crippen LogP contribution < -0.4 is 9.47 Å². The summed E-state index contributed by atoms with van der Waals surface area (Å²) < 4.78 is 10.5. The molecule has 25 heavy (non-hydrogen) atoms. The Hall–Kier alpha value is -2.80. The van der Waals surface area contributed by atoms with Crippen LogP contribution in [0, 0.1) is 13.8 Å². The van der Waals surface area contributed by atoms with Crippen LogP contribution >= 0.6 is 11.3 Å². The van der Waals surface area contributed by atoms with Crippen LogP contribution in [0.25, 0.3) is 32.0 Å². The molecule has 0 saturated heterocycles.